The molecule has 9 heteroatoms. The van der Waals surface area contributed by atoms with E-state index in [4.69, 9.17) is 18.9 Å². The Bertz CT molecular complexity index is 1510. The number of methoxy groups -OCH3 is 1. The van der Waals surface area contributed by atoms with Crippen LogP contribution in [0, 0.1) is 24.7 Å². The molecular formula is C36H39NO8. The molecule has 1 fully saturated rings. The molecule has 2 unspecified atom stereocenters. The zero-order valence-corrected chi connectivity index (χ0v) is 25.7. The van der Waals surface area contributed by atoms with Crippen molar-refractivity contribution in [3.63, 3.8) is 0 Å². The van der Waals surface area contributed by atoms with Crippen molar-refractivity contribution in [1.29, 1.82) is 0 Å². The fraction of sp³-hybridized carbons (Fsp3) is 0.361. The van der Waals surface area contributed by atoms with Crippen molar-refractivity contribution in [3.8, 4) is 29.1 Å². The minimum Gasteiger partial charge on any atom is -0.494 e. The highest BCUT2D eigenvalue weighted by molar-refractivity contribution is 6.02. The summed E-state index contributed by atoms with van der Waals surface area (Å²) in [6.45, 7) is 2.79. The van der Waals surface area contributed by atoms with Crippen molar-refractivity contribution >= 4 is 17.8 Å². The van der Waals surface area contributed by atoms with Gasteiger partial charge in [0.05, 0.1) is 37.4 Å². The third-order valence-electron chi connectivity index (χ3n) is 7.63. The van der Waals surface area contributed by atoms with E-state index in [1.54, 1.807) is 6.92 Å². The van der Waals surface area contributed by atoms with Gasteiger partial charge in [-0.2, -0.15) is 0 Å². The lowest BCUT2D eigenvalue weighted by molar-refractivity contribution is -0.146. The van der Waals surface area contributed by atoms with E-state index in [-0.39, 0.29) is 41.4 Å². The van der Waals surface area contributed by atoms with Crippen LogP contribution in [-0.2, 0) is 9.53 Å². The largest absolute Gasteiger partial charge is 0.494 e. The van der Waals surface area contributed by atoms with Crippen LogP contribution in [0.4, 0.5) is 0 Å². The van der Waals surface area contributed by atoms with Crippen molar-refractivity contribution in [1.82, 2.24) is 5.32 Å². The Hall–Kier alpha value is -4.97. The normalized spacial score (nSPS) is 15.6. The van der Waals surface area contributed by atoms with Crippen molar-refractivity contribution in [2.45, 2.75) is 51.5 Å². The molecule has 0 aromatic heterocycles. The molecule has 236 valence electrons. The monoisotopic (exact) mass is 613 g/mol. The molecule has 3 aromatic carbocycles. The summed E-state index contributed by atoms with van der Waals surface area (Å²) in [5, 5.41) is 12.6. The number of rotatable bonds is 13. The molecule has 0 radical (unpaired) electrons. The van der Waals surface area contributed by atoms with Crippen LogP contribution in [0.2, 0.25) is 0 Å². The predicted octanol–water partition coefficient (Wildman–Crippen LogP) is 5.82. The SMILES string of the molecule is COC(=O)C1CCCC(NC(=O)c2c(OCC#Cc3ccc(OCCCCOc4ccccc4)cc3)ccc(C(=O)O)c2C)C1. The molecule has 45 heavy (non-hydrogen) atoms. The van der Waals surface area contributed by atoms with Gasteiger partial charge in [-0.05, 0) is 93.1 Å². The zero-order valence-electron chi connectivity index (χ0n) is 25.7. The van der Waals surface area contributed by atoms with Gasteiger partial charge >= 0.3 is 11.9 Å². The quantitative estimate of drug-likeness (QED) is 0.141. The van der Waals surface area contributed by atoms with Crippen LogP contribution < -0.4 is 19.5 Å². The molecule has 1 aliphatic rings. The van der Waals surface area contributed by atoms with Crippen LogP contribution in [0.15, 0.2) is 66.7 Å². The van der Waals surface area contributed by atoms with E-state index in [0.29, 0.717) is 38.0 Å². The van der Waals surface area contributed by atoms with Crippen LogP contribution in [0.1, 0.15) is 70.4 Å². The van der Waals surface area contributed by atoms with Gasteiger partial charge in [0.25, 0.3) is 5.91 Å². The van der Waals surface area contributed by atoms with Gasteiger partial charge in [0, 0.05) is 11.6 Å². The summed E-state index contributed by atoms with van der Waals surface area (Å²) in [4.78, 5) is 37.2. The van der Waals surface area contributed by atoms with Crippen LogP contribution in [-0.4, -0.2) is 55.9 Å². The number of ether oxygens (including phenoxy) is 4. The lowest BCUT2D eigenvalue weighted by atomic mass is 9.85. The average Bonchev–Trinajstić information content (AvgIpc) is 3.05. The summed E-state index contributed by atoms with van der Waals surface area (Å²) in [7, 11) is 1.36. The highest BCUT2D eigenvalue weighted by Crippen LogP contribution is 2.29. The summed E-state index contributed by atoms with van der Waals surface area (Å²) in [6.07, 6.45) is 4.41. The van der Waals surface area contributed by atoms with E-state index in [1.165, 1.54) is 19.2 Å². The highest BCUT2D eigenvalue weighted by Gasteiger charge is 2.30. The predicted molar refractivity (Wildman–Crippen MR) is 169 cm³/mol. The Morgan fingerprint density at radius 3 is 2.24 bits per heavy atom. The Balaban J connectivity index is 1.29. The number of amides is 1. The molecule has 0 aliphatic heterocycles. The maximum Gasteiger partial charge on any atom is 0.335 e. The summed E-state index contributed by atoms with van der Waals surface area (Å²) in [5.41, 5.74) is 1.22. The number of unbranched alkanes of at least 4 members (excludes halogenated alkanes) is 1. The van der Waals surface area contributed by atoms with Crippen LogP contribution >= 0.6 is 0 Å². The van der Waals surface area contributed by atoms with Gasteiger partial charge in [0.15, 0.2) is 0 Å². The summed E-state index contributed by atoms with van der Waals surface area (Å²) in [5.74, 6) is 5.68. The lowest BCUT2D eigenvalue weighted by Gasteiger charge is -2.28. The standard InChI is InChI=1S/C36H39NO8/c1-25-31(35(39)40)19-20-32(33(25)34(38)37-28-12-8-11-27(24-28)36(41)42-2)45-23-9-10-26-15-17-30(18-16-26)44-22-7-6-21-43-29-13-4-3-5-14-29/h3-5,13-20,27-28H,6-8,11-12,21-24H2,1-2H3,(H,37,38)(H,39,40). The first-order valence-electron chi connectivity index (χ1n) is 15.1. The summed E-state index contributed by atoms with van der Waals surface area (Å²) in [6, 6.07) is 19.8. The van der Waals surface area contributed by atoms with E-state index < -0.39 is 11.9 Å². The van der Waals surface area contributed by atoms with Gasteiger partial charge in [0.2, 0.25) is 0 Å². The summed E-state index contributed by atoms with van der Waals surface area (Å²) < 4.78 is 22.3. The van der Waals surface area contributed by atoms with Gasteiger partial charge in [0.1, 0.15) is 23.9 Å². The number of para-hydroxylation sites is 1. The van der Waals surface area contributed by atoms with Gasteiger partial charge < -0.3 is 29.4 Å². The van der Waals surface area contributed by atoms with E-state index in [0.717, 1.165) is 36.3 Å². The van der Waals surface area contributed by atoms with Crippen LogP contribution in [0.5, 0.6) is 17.2 Å². The van der Waals surface area contributed by atoms with Crippen LogP contribution in [0.25, 0.3) is 0 Å². The van der Waals surface area contributed by atoms with Crippen LogP contribution in [0.3, 0.4) is 0 Å². The topological polar surface area (TPSA) is 120 Å². The number of carbonyl (C=O) groups excluding carboxylic acids is 2. The fourth-order valence-corrected chi connectivity index (χ4v) is 5.27. The number of benzene rings is 3. The first-order chi connectivity index (χ1) is 21.9. The molecule has 0 heterocycles. The third kappa shape index (κ3) is 9.77. The Kier molecular flexibility index (Phi) is 12.3. The second-order valence-electron chi connectivity index (χ2n) is 10.8. The molecule has 1 amide bonds. The first kappa shape index (κ1) is 32.9. The Morgan fingerprint density at radius 2 is 1.58 bits per heavy atom. The minimum atomic E-state index is -1.14. The van der Waals surface area contributed by atoms with E-state index in [1.807, 2.05) is 54.6 Å². The molecule has 0 bridgehead atoms. The maximum absolute atomic E-state index is 13.4. The van der Waals surface area contributed by atoms with Gasteiger partial charge in [-0.3, -0.25) is 9.59 Å². The van der Waals surface area contributed by atoms with Crippen molar-refractivity contribution < 1.29 is 38.4 Å². The molecule has 1 aliphatic carbocycles. The third-order valence-corrected chi connectivity index (χ3v) is 7.63. The van der Waals surface area contributed by atoms with Gasteiger partial charge in [-0.15, -0.1) is 0 Å². The number of carboxylic acids is 1. The van der Waals surface area contributed by atoms with Crippen molar-refractivity contribution in [2.75, 3.05) is 26.9 Å². The number of nitrogens with one attached hydrogen (secondary N) is 1. The Labute approximate surface area is 263 Å². The second-order valence-corrected chi connectivity index (χ2v) is 10.8. The number of aromatic carboxylic acids is 1. The molecule has 2 atom stereocenters. The number of hydrogen-bond acceptors (Lipinski definition) is 7. The van der Waals surface area contributed by atoms with Crippen molar-refractivity contribution in [3.05, 3.63) is 89.0 Å². The molecule has 1 saturated carbocycles. The van der Waals surface area contributed by atoms with Gasteiger partial charge in [-0.1, -0.05) is 36.5 Å². The van der Waals surface area contributed by atoms with Gasteiger partial charge in [-0.25, -0.2) is 4.79 Å². The second kappa shape index (κ2) is 16.8. The lowest BCUT2D eigenvalue weighted by Crippen LogP contribution is -2.40. The number of carbonyl (C=O) groups is 3. The minimum absolute atomic E-state index is 0.0106. The fourth-order valence-electron chi connectivity index (χ4n) is 5.27. The van der Waals surface area contributed by atoms with E-state index in [9.17, 15) is 19.5 Å². The number of esters is 1. The Morgan fingerprint density at radius 1 is 0.889 bits per heavy atom. The molecule has 9 nitrogen and oxygen atoms in total. The van der Waals surface area contributed by atoms with Crippen molar-refractivity contribution in [2.24, 2.45) is 5.92 Å². The molecule has 0 spiro atoms. The zero-order chi connectivity index (χ0) is 32.0. The smallest absolute Gasteiger partial charge is 0.335 e. The molecule has 2 N–H and O–H groups in total. The molecule has 3 aromatic rings. The highest BCUT2D eigenvalue weighted by atomic mass is 16.5. The molecular weight excluding hydrogens is 574 g/mol. The first-order valence-corrected chi connectivity index (χ1v) is 15.1. The molecule has 0 saturated heterocycles. The number of carboxylic acid groups (broad SMARTS) is 1. The number of hydrogen-bond donors (Lipinski definition) is 2. The maximum atomic E-state index is 13.4. The summed E-state index contributed by atoms with van der Waals surface area (Å²) >= 11 is 0. The molecule has 4 rings (SSSR count). The van der Waals surface area contributed by atoms with E-state index >= 15 is 0 Å². The average molecular weight is 614 g/mol. The van der Waals surface area contributed by atoms with E-state index in [2.05, 4.69) is 17.2 Å².